The van der Waals surface area contributed by atoms with Crippen molar-refractivity contribution in [3.05, 3.63) is 33.2 Å². The number of thiazole rings is 2. The lowest BCUT2D eigenvalue weighted by atomic mass is 10.5. The van der Waals surface area contributed by atoms with E-state index in [2.05, 4.69) is 9.97 Å². The molecule has 0 bridgehead atoms. The molecule has 2 aromatic rings. The molecule has 0 fully saturated rings. The number of hydrogen-bond donors (Lipinski definition) is 0. The van der Waals surface area contributed by atoms with Gasteiger partial charge in [0.2, 0.25) is 0 Å². The Bertz CT molecular complexity index is 312. The first-order valence-electron chi connectivity index (χ1n) is 3.42. The van der Waals surface area contributed by atoms with E-state index >= 15 is 0 Å². The summed E-state index contributed by atoms with van der Waals surface area (Å²) in [4.78, 5) is 8.25. The Morgan fingerprint density at radius 2 is 1.42 bits per heavy atom. The predicted molar refractivity (Wildman–Crippen MR) is 53.2 cm³/mol. The number of rotatable bonds is 2. The van der Waals surface area contributed by atoms with Crippen molar-refractivity contribution in [2.24, 2.45) is 0 Å². The zero-order valence-electron chi connectivity index (χ0n) is 6.18. The SMILES string of the molecule is C(=C\c1nccs1)/c1nccs1. The minimum absolute atomic E-state index is 1.02. The van der Waals surface area contributed by atoms with E-state index in [1.54, 1.807) is 35.1 Å². The van der Waals surface area contributed by atoms with E-state index in [4.69, 9.17) is 0 Å². The van der Waals surface area contributed by atoms with E-state index in [1.807, 2.05) is 22.9 Å². The van der Waals surface area contributed by atoms with Crippen LogP contribution in [0.2, 0.25) is 0 Å². The van der Waals surface area contributed by atoms with Crippen molar-refractivity contribution in [2.75, 3.05) is 0 Å². The van der Waals surface area contributed by atoms with Crippen molar-refractivity contribution in [1.82, 2.24) is 9.97 Å². The first kappa shape index (κ1) is 7.64. The fourth-order valence-electron chi connectivity index (χ4n) is 0.776. The molecular weight excluding hydrogens is 188 g/mol. The van der Waals surface area contributed by atoms with Gasteiger partial charge in [0.15, 0.2) is 0 Å². The molecule has 0 aliphatic rings. The molecule has 0 aromatic carbocycles. The van der Waals surface area contributed by atoms with Gasteiger partial charge in [-0.25, -0.2) is 9.97 Å². The maximum absolute atomic E-state index is 4.12. The predicted octanol–water partition coefficient (Wildman–Crippen LogP) is 2.77. The Kier molecular flexibility index (Phi) is 2.29. The van der Waals surface area contributed by atoms with Crippen LogP contribution in [0.15, 0.2) is 23.2 Å². The average molecular weight is 194 g/mol. The van der Waals surface area contributed by atoms with Crippen LogP contribution in [0.3, 0.4) is 0 Å². The molecule has 4 heteroatoms. The summed E-state index contributed by atoms with van der Waals surface area (Å²) in [6.45, 7) is 0. The van der Waals surface area contributed by atoms with Gasteiger partial charge in [0, 0.05) is 23.2 Å². The van der Waals surface area contributed by atoms with Crippen molar-refractivity contribution in [3.63, 3.8) is 0 Å². The molecule has 0 radical (unpaired) electrons. The van der Waals surface area contributed by atoms with Crippen molar-refractivity contribution in [3.8, 4) is 0 Å². The third kappa shape index (κ3) is 1.78. The zero-order valence-corrected chi connectivity index (χ0v) is 7.81. The van der Waals surface area contributed by atoms with Crippen LogP contribution in [0.1, 0.15) is 10.0 Å². The molecule has 0 amide bonds. The second kappa shape index (κ2) is 3.60. The van der Waals surface area contributed by atoms with Gasteiger partial charge in [-0.05, 0) is 12.2 Å². The van der Waals surface area contributed by atoms with E-state index in [1.165, 1.54) is 0 Å². The first-order valence-corrected chi connectivity index (χ1v) is 5.18. The van der Waals surface area contributed by atoms with Gasteiger partial charge in [-0.2, -0.15) is 0 Å². The number of nitrogens with zero attached hydrogens (tertiary/aromatic N) is 2. The Hall–Kier alpha value is -1.00. The molecule has 2 heterocycles. The van der Waals surface area contributed by atoms with Crippen LogP contribution >= 0.6 is 22.7 Å². The number of aromatic nitrogens is 2. The summed E-state index contributed by atoms with van der Waals surface area (Å²) in [5.41, 5.74) is 0. The van der Waals surface area contributed by atoms with Gasteiger partial charge in [0.05, 0.1) is 0 Å². The number of hydrogen-bond acceptors (Lipinski definition) is 4. The van der Waals surface area contributed by atoms with Gasteiger partial charge in [0.1, 0.15) is 10.0 Å². The lowest BCUT2D eigenvalue weighted by Crippen LogP contribution is -1.66. The molecule has 0 atom stereocenters. The summed E-state index contributed by atoms with van der Waals surface area (Å²) >= 11 is 3.25. The zero-order chi connectivity index (χ0) is 8.23. The first-order chi connectivity index (χ1) is 5.95. The fraction of sp³-hybridized carbons (Fsp3) is 0. The summed E-state index contributed by atoms with van der Waals surface area (Å²) in [5.74, 6) is 0. The molecule has 60 valence electrons. The summed E-state index contributed by atoms with van der Waals surface area (Å²) in [6.07, 6.45) is 7.55. The van der Waals surface area contributed by atoms with E-state index in [0.717, 1.165) is 10.0 Å². The van der Waals surface area contributed by atoms with Crippen LogP contribution < -0.4 is 0 Å². The van der Waals surface area contributed by atoms with E-state index < -0.39 is 0 Å². The Morgan fingerprint density at radius 3 is 1.75 bits per heavy atom. The maximum atomic E-state index is 4.12. The molecule has 2 rings (SSSR count). The summed E-state index contributed by atoms with van der Waals surface area (Å²) in [6, 6.07) is 0. The Labute approximate surface area is 78.2 Å². The molecule has 12 heavy (non-hydrogen) atoms. The second-order valence-corrected chi connectivity index (χ2v) is 3.93. The molecule has 0 unspecified atom stereocenters. The van der Waals surface area contributed by atoms with Crippen LogP contribution in [0.4, 0.5) is 0 Å². The normalized spacial score (nSPS) is 11.0. The van der Waals surface area contributed by atoms with Gasteiger partial charge in [-0.1, -0.05) is 0 Å². The van der Waals surface area contributed by atoms with Crippen molar-refractivity contribution in [1.29, 1.82) is 0 Å². The highest BCUT2D eigenvalue weighted by Crippen LogP contribution is 2.11. The molecule has 0 spiro atoms. The largest absolute Gasteiger partial charge is 0.245 e. The van der Waals surface area contributed by atoms with Gasteiger partial charge in [-0.3, -0.25) is 0 Å². The molecule has 2 aromatic heterocycles. The highest BCUT2D eigenvalue weighted by molar-refractivity contribution is 7.11. The third-order valence-corrected chi connectivity index (χ3v) is 2.75. The van der Waals surface area contributed by atoms with Gasteiger partial charge in [-0.15, -0.1) is 22.7 Å². The monoisotopic (exact) mass is 194 g/mol. The molecular formula is C8H6N2S2. The molecule has 0 N–H and O–H groups in total. The maximum Gasteiger partial charge on any atom is 0.116 e. The quantitative estimate of drug-likeness (QED) is 0.734. The van der Waals surface area contributed by atoms with Gasteiger partial charge < -0.3 is 0 Å². The van der Waals surface area contributed by atoms with Gasteiger partial charge >= 0.3 is 0 Å². The summed E-state index contributed by atoms with van der Waals surface area (Å²) in [7, 11) is 0. The smallest absolute Gasteiger partial charge is 0.116 e. The van der Waals surface area contributed by atoms with Crippen LogP contribution in [0.25, 0.3) is 12.2 Å². The third-order valence-electron chi connectivity index (χ3n) is 1.27. The molecule has 0 saturated heterocycles. The van der Waals surface area contributed by atoms with E-state index in [9.17, 15) is 0 Å². The minimum Gasteiger partial charge on any atom is -0.245 e. The van der Waals surface area contributed by atoms with Crippen LogP contribution in [-0.4, -0.2) is 9.97 Å². The van der Waals surface area contributed by atoms with Crippen molar-refractivity contribution >= 4 is 34.8 Å². The van der Waals surface area contributed by atoms with Crippen LogP contribution in [-0.2, 0) is 0 Å². The molecule has 2 nitrogen and oxygen atoms in total. The molecule has 0 aliphatic carbocycles. The second-order valence-electron chi connectivity index (χ2n) is 2.07. The topological polar surface area (TPSA) is 25.8 Å². The van der Waals surface area contributed by atoms with E-state index in [-0.39, 0.29) is 0 Å². The Morgan fingerprint density at radius 1 is 0.917 bits per heavy atom. The highest BCUT2D eigenvalue weighted by atomic mass is 32.1. The minimum atomic E-state index is 1.02. The summed E-state index contributed by atoms with van der Waals surface area (Å²) in [5, 5.41) is 5.96. The van der Waals surface area contributed by atoms with Gasteiger partial charge in [0.25, 0.3) is 0 Å². The highest BCUT2D eigenvalue weighted by Gasteiger charge is 1.89. The van der Waals surface area contributed by atoms with Crippen molar-refractivity contribution in [2.45, 2.75) is 0 Å². The van der Waals surface area contributed by atoms with Crippen LogP contribution in [0, 0.1) is 0 Å². The summed E-state index contributed by atoms with van der Waals surface area (Å²) < 4.78 is 0. The van der Waals surface area contributed by atoms with Crippen molar-refractivity contribution < 1.29 is 0 Å². The lowest BCUT2D eigenvalue weighted by molar-refractivity contribution is 1.38. The molecule has 0 saturated carbocycles. The fourth-order valence-corrected chi connectivity index (χ4v) is 1.84. The lowest BCUT2D eigenvalue weighted by Gasteiger charge is -1.80. The van der Waals surface area contributed by atoms with Crippen LogP contribution in [0.5, 0.6) is 0 Å². The molecule has 0 aliphatic heterocycles. The standard InChI is InChI=1S/C8H6N2S2/c1(7-9-3-5-11-7)2-8-10-4-6-12-8/h1-6H/b2-1+. The van der Waals surface area contributed by atoms with E-state index in [0.29, 0.717) is 0 Å². The average Bonchev–Trinajstić information content (AvgIpc) is 2.74. The Balaban J connectivity index is 2.14.